The monoisotopic (exact) mass is 459 g/mol. The van der Waals surface area contributed by atoms with E-state index in [9.17, 15) is 9.18 Å². The van der Waals surface area contributed by atoms with E-state index in [0.29, 0.717) is 18.7 Å². The van der Waals surface area contributed by atoms with Crippen molar-refractivity contribution in [3.05, 3.63) is 65.6 Å². The van der Waals surface area contributed by atoms with Gasteiger partial charge in [0.05, 0.1) is 17.9 Å². The number of rotatable bonds is 3. The molecular formula is C25H26FN7O. The summed E-state index contributed by atoms with van der Waals surface area (Å²) in [5.41, 5.74) is 5.70. The number of nitrogens with zero attached hydrogens (tertiary/aromatic N) is 5. The molecule has 1 saturated heterocycles. The molecule has 8 nitrogen and oxygen atoms in total. The number of amides is 2. The minimum absolute atomic E-state index is 0.0895. The maximum Gasteiger partial charge on any atom is 0.317 e. The lowest BCUT2D eigenvalue weighted by molar-refractivity contribution is 0.202. The molecule has 2 amide bonds. The van der Waals surface area contributed by atoms with E-state index in [2.05, 4.69) is 44.0 Å². The van der Waals surface area contributed by atoms with Crippen LogP contribution in [0.25, 0.3) is 22.3 Å². The van der Waals surface area contributed by atoms with E-state index >= 15 is 0 Å². The van der Waals surface area contributed by atoms with Crippen LogP contribution >= 0.6 is 0 Å². The van der Waals surface area contributed by atoms with Gasteiger partial charge in [0.1, 0.15) is 11.5 Å². The number of fused-ring (bicyclic) bond motifs is 3. The number of carbonyl (C=O) groups is 1. The summed E-state index contributed by atoms with van der Waals surface area (Å²) in [4.78, 5) is 26.5. The molecule has 1 spiro atoms. The van der Waals surface area contributed by atoms with Gasteiger partial charge in [0.25, 0.3) is 0 Å². The first-order valence-corrected chi connectivity index (χ1v) is 11.6. The first-order chi connectivity index (χ1) is 16.4. The molecule has 0 radical (unpaired) electrons. The third kappa shape index (κ3) is 3.34. The van der Waals surface area contributed by atoms with Crippen LogP contribution in [-0.2, 0) is 12.0 Å². The Kier molecular flexibility index (Phi) is 4.68. The molecule has 174 valence electrons. The molecule has 0 aliphatic carbocycles. The molecule has 0 saturated carbocycles. The highest BCUT2D eigenvalue weighted by Crippen LogP contribution is 2.44. The molecule has 0 bridgehead atoms. The number of nitrogens with one attached hydrogen (secondary N) is 2. The van der Waals surface area contributed by atoms with Crippen LogP contribution in [0, 0.1) is 12.7 Å². The predicted octanol–water partition coefficient (Wildman–Crippen LogP) is 4.09. The third-order valence-corrected chi connectivity index (χ3v) is 7.37. The first-order valence-electron chi connectivity index (χ1n) is 11.6. The number of H-pyrrole nitrogens is 1. The number of aromatic nitrogens is 5. The number of carbonyl (C=O) groups excluding carboxylic acids is 1. The van der Waals surface area contributed by atoms with Crippen LogP contribution in [-0.4, -0.2) is 48.8 Å². The van der Waals surface area contributed by atoms with Gasteiger partial charge in [-0.2, -0.15) is 5.10 Å². The van der Waals surface area contributed by atoms with Gasteiger partial charge >= 0.3 is 6.03 Å². The van der Waals surface area contributed by atoms with Gasteiger partial charge in [0.2, 0.25) is 0 Å². The Balaban J connectivity index is 1.20. The van der Waals surface area contributed by atoms with E-state index < -0.39 is 5.82 Å². The zero-order chi connectivity index (χ0) is 23.4. The van der Waals surface area contributed by atoms with Gasteiger partial charge in [0.15, 0.2) is 0 Å². The van der Waals surface area contributed by atoms with Crippen molar-refractivity contribution in [3.63, 3.8) is 0 Å². The quantitative estimate of drug-likeness (QED) is 0.483. The van der Waals surface area contributed by atoms with Crippen molar-refractivity contribution < 1.29 is 9.18 Å². The standard InChI is InChI=1S/C25H26FN7O/c1-15-10-28-23-20(15)8-18(12-29-23)21-9-22-25(4-6-33(22)31-21)3-5-32(14-25)24(34)30-16(2)17-7-19(26)13-27-11-17/h7-13,16H,3-6,14H2,1-2H3,(H,28,29)(H,30,34)/t16-,25?/m1/s1. The summed E-state index contributed by atoms with van der Waals surface area (Å²) in [5.74, 6) is -0.408. The van der Waals surface area contributed by atoms with Gasteiger partial charge in [-0.1, -0.05) is 0 Å². The van der Waals surface area contributed by atoms with Gasteiger partial charge in [-0.25, -0.2) is 14.2 Å². The van der Waals surface area contributed by atoms with E-state index in [1.165, 1.54) is 11.8 Å². The molecule has 1 unspecified atom stereocenters. The maximum atomic E-state index is 13.5. The van der Waals surface area contributed by atoms with Gasteiger partial charge in [-0.15, -0.1) is 0 Å². The number of hydrogen-bond donors (Lipinski definition) is 2. The van der Waals surface area contributed by atoms with Crippen LogP contribution in [0.15, 0.2) is 43.0 Å². The highest BCUT2D eigenvalue weighted by atomic mass is 19.1. The Labute approximate surface area is 196 Å². The lowest BCUT2D eigenvalue weighted by atomic mass is 9.82. The average Bonchev–Trinajstić information content (AvgIpc) is 3.60. The van der Waals surface area contributed by atoms with E-state index in [1.807, 2.05) is 24.2 Å². The maximum absolute atomic E-state index is 13.5. The number of urea groups is 1. The predicted molar refractivity (Wildman–Crippen MR) is 126 cm³/mol. The average molecular weight is 460 g/mol. The van der Waals surface area contributed by atoms with Crippen molar-refractivity contribution in [2.75, 3.05) is 13.1 Å². The Bertz CT molecular complexity index is 1410. The molecule has 9 heteroatoms. The number of aromatic amines is 1. The van der Waals surface area contributed by atoms with Crippen LogP contribution in [0.2, 0.25) is 0 Å². The number of halogens is 1. The molecule has 6 heterocycles. The van der Waals surface area contributed by atoms with Gasteiger partial charge in [-0.05, 0) is 56.0 Å². The molecule has 2 atom stereocenters. The molecule has 34 heavy (non-hydrogen) atoms. The fourth-order valence-corrected chi connectivity index (χ4v) is 5.36. The van der Waals surface area contributed by atoms with Gasteiger partial charge in [0, 0.05) is 60.3 Å². The first kappa shape index (κ1) is 20.8. The van der Waals surface area contributed by atoms with Crippen LogP contribution in [0.5, 0.6) is 0 Å². The van der Waals surface area contributed by atoms with Crippen molar-refractivity contribution in [2.45, 2.75) is 44.7 Å². The van der Waals surface area contributed by atoms with E-state index in [0.717, 1.165) is 53.4 Å². The highest BCUT2D eigenvalue weighted by Gasteiger charge is 2.47. The Morgan fingerprint density at radius 3 is 2.91 bits per heavy atom. The molecule has 2 N–H and O–H groups in total. The zero-order valence-corrected chi connectivity index (χ0v) is 19.2. The van der Waals surface area contributed by atoms with E-state index in [-0.39, 0.29) is 17.5 Å². The smallest absolute Gasteiger partial charge is 0.317 e. The molecule has 1 fully saturated rings. The molecule has 4 aromatic heterocycles. The highest BCUT2D eigenvalue weighted by molar-refractivity contribution is 5.83. The van der Waals surface area contributed by atoms with Crippen molar-refractivity contribution >= 4 is 17.1 Å². The molecule has 2 aliphatic heterocycles. The minimum Gasteiger partial charge on any atom is -0.346 e. The van der Waals surface area contributed by atoms with Crippen molar-refractivity contribution in [1.29, 1.82) is 0 Å². The molecule has 4 aromatic rings. The molecular weight excluding hydrogens is 433 g/mol. The fourth-order valence-electron chi connectivity index (χ4n) is 5.36. The Morgan fingerprint density at radius 1 is 1.21 bits per heavy atom. The van der Waals surface area contributed by atoms with Crippen LogP contribution < -0.4 is 5.32 Å². The summed E-state index contributed by atoms with van der Waals surface area (Å²) in [5, 5.41) is 8.97. The van der Waals surface area contributed by atoms with Crippen molar-refractivity contribution in [1.82, 2.24) is 34.9 Å². The second kappa shape index (κ2) is 7.65. The second-order valence-corrected chi connectivity index (χ2v) is 9.54. The third-order valence-electron chi connectivity index (χ3n) is 7.37. The van der Waals surface area contributed by atoms with Crippen molar-refractivity contribution in [2.24, 2.45) is 0 Å². The van der Waals surface area contributed by atoms with Crippen LogP contribution in [0.3, 0.4) is 0 Å². The SMILES string of the molecule is Cc1c[nH]c2ncc(-c3cc4n(n3)CCC43CCN(C(=O)N[C@H](C)c4cncc(F)c4)C3)cc12. The molecule has 2 aliphatic rings. The molecule has 6 rings (SSSR count). The summed E-state index contributed by atoms with van der Waals surface area (Å²) >= 11 is 0. The Morgan fingerprint density at radius 2 is 2.06 bits per heavy atom. The summed E-state index contributed by atoms with van der Waals surface area (Å²) in [6.45, 7) is 6.07. The summed E-state index contributed by atoms with van der Waals surface area (Å²) in [6.07, 6.45) is 8.44. The fraction of sp³-hybridized carbons (Fsp3) is 0.360. The molecule has 0 aromatic carbocycles. The topological polar surface area (TPSA) is 91.7 Å². The van der Waals surface area contributed by atoms with Crippen LogP contribution in [0.1, 0.15) is 42.6 Å². The summed E-state index contributed by atoms with van der Waals surface area (Å²) < 4.78 is 15.6. The lowest BCUT2D eigenvalue weighted by Gasteiger charge is -2.25. The Hall–Kier alpha value is -3.75. The second-order valence-electron chi connectivity index (χ2n) is 9.54. The lowest BCUT2D eigenvalue weighted by Crippen LogP contribution is -2.41. The number of hydrogen-bond acceptors (Lipinski definition) is 4. The van der Waals surface area contributed by atoms with E-state index in [4.69, 9.17) is 5.10 Å². The summed E-state index contributed by atoms with van der Waals surface area (Å²) in [7, 11) is 0. The van der Waals surface area contributed by atoms with Crippen LogP contribution in [0.4, 0.5) is 9.18 Å². The number of aryl methyl sites for hydroxylation is 2. The van der Waals surface area contributed by atoms with Gasteiger partial charge < -0.3 is 15.2 Å². The van der Waals surface area contributed by atoms with Crippen molar-refractivity contribution in [3.8, 4) is 11.3 Å². The summed E-state index contributed by atoms with van der Waals surface area (Å²) in [6, 6.07) is 5.24. The van der Waals surface area contributed by atoms with E-state index in [1.54, 1.807) is 6.20 Å². The number of likely N-dealkylation sites (tertiary alicyclic amines) is 1. The van der Waals surface area contributed by atoms with Gasteiger partial charge in [-0.3, -0.25) is 9.67 Å². The zero-order valence-electron chi connectivity index (χ0n) is 19.2. The largest absolute Gasteiger partial charge is 0.346 e. The normalized spacial score (nSPS) is 20.3. The minimum atomic E-state index is -0.408. The number of pyridine rings is 2.